The number of nitrogens with one attached hydrogen (secondary N) is 2. The summed E-state index contributed by atoms with van der Waals surface area (Å²) in [5.74, 6) is -0.402. The first-order valence-corrected chi connectivity index (χ1v) is 22.0. The van der Waals surface area contributed by atoms with Gasteiger partial charge in [0.15, 0.2) is 0 Å². The lowest BCUT2D eigenvalue weighted by Gasteiger charge is -2.64. The minimum atomic E-state index is -1.72. The van der Waals surface area contributed by atoms with Gasteiger partial charge in [-0.1, -0.05) is 62.8 Å². The van der Waals surface area contributed by atoms with Gasteiger partial charge in [-0.15, -0.1) is 0 Å². The van der Waals surface area contributed by atoms with Crippen molar-refractivity contribution in [2.75, 3.05) is 58.9 Å². The van der Waals surface area contributed by atoms with Crippen LogP contribution in [0.5, 0.6) is 5.75 Å². The molecule has 6 heterocycles. The van der Waals surface area contributed by atoms with Gasteiger partial charge in [0.2, 0.25) is 5.91 Å². The first-order valence-electron chi connectivity index (χ1n) is 22.0. The molecule has 320 valence electrons. The Labute approximate surface area is 353 Å². The Hall–Kier alpha value is -4.65. The number of aliphatic hydroxyl groups is 1. The molecule has 1 aromatic heterocycles. The molecular formula is C48H61N5O7. The van der Waals surface area contributed by atoms with Crippen LogP contribution in [-0.4, -0.2) is 116 Å². The van der Waals surface area contributed by atoms with Crippen molar-refractivity contribution in [1.29, 1.82) is 0 Å². The number of H-pyrrole nitrogens is 1. The van der Waals surface area contributed by atoms with Gasteiger partial charge in [-0.05, 0) is 67.8 Å². The summed E-state index contributed by atoms with van der Waals surface area (Å²) in [6.45, 7) is 11.4. The van der Waals surface area contributed by atoms with Crippen molar-refractivity contribution >= 4 is 34.4 Å². The smallest absolute Gasteiger partial charge is 0.322 e. The number of hydrogen-bond acceptors (Lipinski definition) is 10. The number of benzene rings is 2. The summed E-state index contributed by atoms with van der Waals surface area (Å²) < 4.78 is 18.8. The molecular weight excluding hydrogens is 759 g/mol. The van der Waals surface area contributed by atoms with Crippen molar-refractivity contribution in [3.8, 4) is 5.75 Å². The topological polar surface area (TPSA) is 137 Å². The number of hydrogen-bond donors (Lipinski definition) is 3. The van der Waals surface area contributed by atoms with E-state index in [0.717, 1.165) is 71.6 Å². The van der Waals surface area contributed by atoms with E-state index in [1.54, 1.807) is 7.11 Å². The number of carbonyl (C=O) groups is 3. The van der Waals surface area contributed by atoms with Crippen LogP contribution in [0.2, 0.25) is 0 Å². The second kappa shape index (κ2) is 14.8. The summed E-state index contributed by atoms with van der Waals surface area (Å²) >= 11 is 0. The predicted molar refractivity (Wildman–Crippen MR) is 230 cm³/mol. The van der Waals surface area contributed by atoms with Gasteiger partial charge in [-0.25, -0.2) is 0 Å². The van der Waals surface area contributed by atoms with E-state index >= 15 is 4.79 Å². The Kier molecular flexibility index (Phi) is 10.0. The molecule has 5 aliphatic heterocycles. The lowest BCUT2D eigenvalue weighted by molar-refractivity contribution is -0.217. The zero-order chi connectivity index (χ0) is 42.4. The number of esters is 2. The van der Waals surface area contributed by atoms with Gasteiger partial charge in [-0.3, -0.25) is 24.2 Å². The number of methoxy groups -OCH3 is 2. The standard InChI is InChI=1S/C48H61N5O7/c1-8-14-39(55)49-28-48(57)42-46(18-20-53-19-13-17-45(10-3,41(46)53)43(48)60-29(4)54)34-22-35(38(58-6)23-37(34)51(42)5)47(44(56)59-7)24-31-21-30(9-2)25-52(26-31)27-33-32-15-11-12-16-36(32)50-40(33)47/h11-13,15-17,21-23,31,41-43,50,57H,8-10,14,18-20,24-28H2,1-7H3,(H,49,55)/t31-,41-,42+,43+,45+,46+,47-,48-/m0/s1. The average Bonchev–Trinajstić information content (AvgIpc) is 3.89. The highest BCUT2D eigenvalue weighted by atomic mass is 16.6. The minimum Gasteiger partial charge on any atom is -0.496 e. The second-order valence-corrected chi connectivity index (χ2v) is 18.4. The quantitative estimate of drug-likeness (QED) is 0.178. The van der Waals surface area contributed by atoms with E-state index < -0.39 is 40.0 Å². The van der Waals surface area contributed by atoms with E-state index in [4.69, 9.17) is 14.2 Å². The molecule has 1 aliphatic carbocycles. The summed E-state index contributed by atoms with van der Waals surface area (Å²) in [4.78, 5) is 52.6. The van der Waals surface area contributed by atoms with Crippen LogP contribution in [0.4, 0.5) is 5.69 Å². The third-order valence-corrected chi connectivity index (χ3v) is 15.4. The number of aromatic amines is 1. The van der Waals surface area contributed by atoms with Crippen molar-refractivity contribution in [3.63, 3.8) is 0 Å². The van der Waals surface area contributed by atoms with Crippen LogP contribution in [0, 0.1) is 11.3 Å². The SMILES string of the molecule is CCCC(=O)NC[C@@]1(O)[C@H](OC(C)=O)[C@]2(CC)C=CCN3CC[C@@]4(c5cc([C@@]6(C(=O)OC)C[C@@H]7C=C(CC)CN(Cc8c6[nH]c6ccccc86)C7)c(OC)cc5N(C)[C@@H]14)[C@@H]32. The fraction of sp³-hybridized carbons (Fsp3) is 0.562. The first kappa shape index (κ1) is 40.7. The molecule has 0 radical (unpaired) electrons. The lowest BCUT2D eigenvalue weighted by atomic mass is 9.47. The van der Waals surface area contributed by atoms with Gasteiger partial charge in [0, 0.05) is 97.4 Å². The molecule has 60 heavy (non-hydrogen) atoms. The maximum atomic E-state index is 15.3. The zero-order valence-corrected chi connectivity index (χ0v) is 36.2. The minimum absolute atomic E-state index is 0.0492. The van der Waals surface area contributed by atoms with E-state index in [2.05, 4.69) is 87.4 Å². The molecule has 1 amide bonds. The third-order valence-electron chi connectivity index (χ3n) is 15.4. The van der Waals surface area contributed by atoms with Crippen molar-refractivity contribution in [3.05, 3.63) is 82.6 Å². The molecule has 1 saturated heterocycles. The lowest BCUT2D eigenvalue weighted by Crippen LogP contribution is -2.81. The average molecular weight is 820 g/mol. The Morgan fingerprint density at radius 2 is 1.85 bits per heavy atom. The van der Waals surface area contributed by atoms with Crippen LogP contribution >= 0.6 is 0 Å². The molecule has 12 heteroatoms. The fourth-order valence-electron chi connectivity index (χ4n) is 13.4. The number of ether oxygens (including phenoxy) is 3. The van der Waals surface area contributed by atoms with Gasteiger partial charge < -0.3 is 34.5 Å². The van der Waals surface area contributed by atoms with Crippen LogP contribution in [0.15, 0.2) is 60.2 Å². The Bertz CT molecular complexity index is 2300. The maximum absolute atomic E-state index is 15.3. The summed E-state index contributed by atoms with van der Waals surface area (Å²) in [6.07, 6.45) is 9.39. The van der Waals surface area contributed by atoms with Crippen molar-refractivity contribution in [2.45, 2.75) is 107 Å². The van der Waals surface area contributed by atoms with Crippen LogP contribution in [0.25, 0.3) is 10.9 Å². The van der Waals surface area contributed by atoms with Crippen LogP contribution in [-0.2, 0) is 41.2 Å². The van der Waals surface area contributed by atoms with Crippen LogP contribution < -0.4 is 15.0 Å². The molecule has 1 unspecified atom stereocenters. The molecule has 2 fully saturated rings. The van der Waals surface area contributed by atoms with E-state index in [0.29, 0.717) is 44.4 Å². The normalized spacial score (nSPS) is 33.8. The molecule has 1 saturated carbocycles. The maximum Gasteiger partial charge on any atom is 0.322 e. The second-order valence-electron chi connectivity index (χ2n) is 18.4. The number of aromatic nitrogens is 1. The molecule has 1 spiro atoms. The molecule has 9 atom stereocenters. The zero-order valence-electron chi connectivity index (χ0n) is 36.2. The van der Waals surface area contributed by atoms with E-state index in [9.17, 15) is 14.7 Å². The highest BCUT2D eigenvalue weighted by Crippen LogP contribution is 2.68. The van der Waals surface area contributed by atoms with Crippen molar-refractivity contribution in [1.82, 2.24) is 20.1 Å². The molecule has 3 aromatic rings. The molecule has 6 aliphatic rings. The summed E-state index contributed by atoms with van der Waals surface area (Å²) in [5.41, 5.74) is 2.30. The van der Waals surface area contributed by atoms with Crippen molar-refractivity contribution < 1.29 is 33.7 Å². The van der Waals surface area contributed by atoms with Crippen LogP contribution in [0.1, 0.15) is 88.6 Å². The molecule has 2 bridgehead atoms. The number of nitrogens with zero attached hydrogens (tertiary/aromatic N) is 3. The van der Waals surface area contributed by atoms with Crippen molar-refractivity contribution in [2.24, 2.45) is 11.3 Å². The van der Waals surface area contributed by atoms with Gasteiger partial charge >= 0.3 is 11.9 Å². The first-order chi connectivity index (χ1) is 28.9. The highest BCUT2D eigenvalue weighted by molar-refractivity contribution is 5.94. The number of likely N-dealkylation sites (N-methyl/N-ethyl adjacent to an activating group) is 1. The van der Waals surface area contributed by atoms with E-state index in [1.807, 2.05) is 20.0 Å². The monoisotopic (exact) mass is 819 g/mol. The van der Waals surface area contributed by atoms with Crippen LogP contribution in [0.3, 0.4) is 0 Å². The van der Waals surface area contributed by atoms with Gasteiger partial charge in [0.1, 0.15) is 22.9 Å². The third kappa shape index (κ3) is 5.55. The van der Waals surface area contributed by atoms with Gasteiger partial charge in [-0.2, -0.15) is 0 Å². The number of rotatable bonds is 10. The number of amides is 1. The predicted octanol–water partition coefficient (Wildman–Crippen LogP) is 5.50. The fourth-order valence-corrected chi connectivity index (χ4v) is 13.4. The highest BCUT2D eigenvalue weighted by Gasteiger charge is 2.78. The Morgan fingerprint density at radius 3 is 2.57 bits per heavy atom. The largest absolute Gasteiger partial charge is 0.496 e. The number of fused-ring (bicyclic) bond motifs is 6. The summed E-state index contributed by atoms with van der Waals surface area (Å²) in [6, 6.07) is 11.8. The summed E-state index contributed by atoms with van der Waals surface area (Å²) in [7, 11) is 5.14. The number of para-hydroxylation sites is 1. The Morgan fingerprint density at radius 1 is 1.05 bits per heavy atom. The summed E-state index contributed by atoms with van der Waals surface area (Å²) in [5, 5.41) is 17.9. The van der Waals surface area contributed by atoms with Gasteiger partial charge in [0.25, 0.3) is 0 Å². The van der Waals surface area contributed by atoms with E-state index in [1.165, 1.54) is 19.6 Å². The molecule has 12 nitrogen and oxygen atoms in total. The molecule has 3 N–H and O–H groups in total. The Balaban J connectivity index is 1.34. The number of anilines is 1. The van der Waals surface area contributed by atoms with Gasteiger partial charge in [0.05, 0.1) is 26.8 Å². The number of carbonyl (C=O) groups excluding carboxylic acids is 3. The molecule has 2 aromatic carbocycles. The molecule has 9 rings (SSSR count). The van der Waals surface area contributed by atoms with E-state index in [-0.39, 0.29) is 30.4 Å².